The Labute approximate surface area is 122 Å². The molecule has 1 fully saturated rings. The highest BCUT2D eigenvalue weighted by atomic mass is 32.2. The average Bonchev–Trinajstić information content (AvgIpc) is 2.84. The van der Waals surface area contributed by atoms with Crippen molar-refractivity contribution >= 4 is 16.0 Å². The number of sulfonamides is 1. The molecule has 1 saturated heterocycles. The fraction of sp³-hybridized carbons (Fsp3) is 0.462. The Morgan fingerprint density at radius 2 is 2.14 bits per heavy atom. The van der Waals surface area contributed by atoms with Gasteiger partial charge in [-0.3, -0.25) is 4.79 Å². The largest absolute Gasteiger partial charge is 0.494 e. The SMILES string of the molecule is COc1cc(S(=O)(=O)N2CCC(C)(C(=O)O)C2)ccc1F. The van der Waals surface area contributed by atoms with Crippen molar-refractivity contribution < 1.29 is 27.4 Å². The second kappa shape index (κ2) is 5.27. The topological polar surface area (TPSA) is 83.9 Å². The van der Waals surface area contributed by atoms with Gasteiger partial charge in [0.25, 0.3) is 0 Å². The quantitative estimate of drug-likeness (QED) is 0.905. The normalized spacial score (nSPS) is 23.2. The Bertz CT molecular complexity index is 675. The molecule has 1 aromatic carbocycles. The zero-order chi connectivity index (χ0) is 15.8. The molecule has 0 aliphatic carbocycles. The molecule has 1 aliphatic heterocycles. The minimum atomic E-state index is -3.87. The lowest BCUT2D eigenvalue weighted by Gasteiger charge is -2.20. The van der Waals surface area contributed by atoms with Gasteiger partial charge >= 0.3 is 5.97 Å². The van der Waals surface area contributed by atoms with E-state index in [0.717, 1.165) is 22.5 Å². The summed E-state index contributed by atoms with van der Waals surface area (Å²) < 4.78 is 44.2. The van der Waals surface area contributed by atoms with Crippen LogP contribution >= 0.6 is 0 Å². The molecule has 1 aliphatic rings. The van der Waals surface area contributed by atoms with E-state index in [1.807, 2.05) is 0 Å². The van der Waals surface area contributed by atoms with Gasteiger partial charge in [-0.1, -0.05) is 0 Å². The number of nitrogens with zero attached hydrogens (tertiary/aromatic N) is 1. The van der Waals surface area contributed by atoms with Crippen molar-refractivity contribution in [3.05, 3.63) is 24.0 Å². The van der Waals surface area contributed by atoms with Crippen LogP contribution in [0.5, 0.6) is 5.75 Å². The van der Waals surface area contributed by atoms with Crippen molar-refractivity contribution in [1.29, 1.82) is 0 Å². The summed E-state index contributed by atoms with van der Waals surface area (Å²) in [5.41, 5.74) is -1.10. The zero-order valence-electron chi connectivity index (χ0n) is 11.7. The van der Waals surface area contributed by atoms with Crippen LogP contribution < -0.4 is 4.74 Å². The predicted octanol–water partition coefficient (Wildman–Crippen LogP) is 1.32. The standard InChI is InChI=1S/C13H16FNO5S/c1-13(12(16)17)5-6-15(8-13)21(18,19)9-3-4-10(14)11(7-9)20-2/h3-4,7H,5-6,8H2,1-2H3,(H,16,17). The molecule has 0 radical (unpaired) electrons. The van der Waals surface area contributed by atoms with Crippen LogP contribution in [0, 0.1) is 11.2 Å². The lowest BCUT2D eigenvalue weighted by Crippen LogP contribution is -2.34. The summed E-state index contributed by atoms with van der Waals surface area (Å²) >= 11 is 0. The Balaban J connectivity index is 2.34. The van der Waals surface area contributed by atoms with Gasteiger partial charge in [-0.2, -0.15) is 4.31 Å². The number of halogens is 1. The van der Waals surface area contributed by atoms with Crippen LogP contribution in [0.15, 0.2) is 23.1 Å². The van der Waals surface area contributed by atoms with E-state index in [9.17, 15) is 17.6 Å². The van der Waals surface area contributed by atoms with E-state index in [4.69, 9.17) is 9.84 Å². The van der Waals surface area contributed by atoms with E-state index < -0.39 is 27.2 Å². The molecule has 0 bridgehead atoms. The van der Waals surface area contributed by atoms with Crippen LogP contribution in [0.25, 0.3) is 0 Å². The van der Waals surface area contributed by atoms with E-state index >= 15 is 0 Å². The number of ether oxygens (including phenoxy) is 1. The smallest absolute Gasteiger partial charge is 0.310 e. The van der Waals surface area contributed by atoms with Crippen LogP contribution in [0.4, 0.5) is 4.39 Å². The van der Waals surface area contributed by atoms with Gasteiger partial charge < -0.3 is 9.84 Å². The first kappa shape index (κ1) is 15.7. The second-order valence-electron chi connectivity index (χ2n) is 5.25. The van der Waals surface area contributed by atoms with E-state index in [2.05, 4.69) is 0 Å². The lowest BCUT2D eigenvalue weighted by molar-refractivity contribution is -0.146. The number of rotatable bonds is 4. The maximum absolute atomic E-state index is 13.4. The molecule has 1 atom stereocenters. The maximum atomic E-state index is 13.4. The third kappa shape index (κ3) is 2.73. The van der Waals surface area contributed by atoms with E-state index in [0.29, 0.717) is 0 Å². The summed E-state index contributed by atoms with van der Waals surface area (Å²) in [5.74, 6) is -1.86. The maximum Gasteiger partial charge on any atom is 0.310 e. The van der Waals surface area contributed by atoms with Crippen molar-refractivity contribution in [2.75, 3.05) is 20.2 Å². The molecular formula is C13H16FNO5S. The number of benzene rings is 1. The van der Waals surface area contributed by atoms with E-state index in [1.165, 1.54) is 14.0 Å². The number of hydrogen-bond acceptors (Lipinski definition) is 4. The highest BCUT2D eigenvalue weighted by Crippen LogP contribution is 2.34. The molecule has 0 aromatic heterocycles. The van der Waals surface area contributed by atoms with Gasteiger partial charge in [0.15, 0.2) is 11.6 Å². The predicted molar refractivity (Wildman–Crippen MR) is 72.1 cm³/mol. The molecule has 116 valence electrons. The number of aliphatic carboxylic acids is 1. The summed E-state index contributed by atoms with van der Waals surface area (Å²) in [4.78, 5) is 11.1. The van der Waals surface area contributed by atoms with Crippen molar-refractivity contribution in [2.45, 2.75) is 18.2 Å². The van der Waals surface area contributed by atoms with Gasteiger partial charge in [0, 0.05) is 19.2 Å². The molecule has 8 heteroatoms. The van der Waals surface area contributed by atoms with Gasteiger partial charge in [-0.05, 0) is 25.5 Å². The first-order valence-electron chi connectivity index (χ1n) is 6.28. The summed E-state index contributed by atoms with van der Waals surface area (Å²) in [7, 11) is -2.63. The lowest BCUT2D eigenvalue weighted by atomic mass is 9.90. The molecule has 1 heterocycles. The highest BCUT2D eigenvalue weighted by molar-refractivity contribution is 7.89. The van der Waals surface area contributed by atoms with Crippen LogP contribution in [-0.2, 0) is 14.8 Å². The number of hydrogen-bond donors (Lipinski definition) is 1. The third-order valence-corrected chi connectivity index (χ3v) is 5.56. The molecule has 2 rings (SSSR count). The Hall–Kier alpha value is -1.67. The number of carboxylic acid groups (broad SMARTS) is 1. The Morgan fingerprint density at radius 1 is 1.48 bits per heavy atom. The monoisotopic (exact) mass is 317 g/mol. The number of methoxy groups -OCH3 is 1. The summed E-state index contributed by atoms with van der Waals surface area (Å²) in [6, 6.07) is 3.25. The number of carboxylic acids is 1. The van der Waals surface area contributed by atoms with Crippen LogP contribution in [0.3, 0.4) is 0 Å². The Kier molecular flexibility index (Phi) is 3.94. The van der Waals surface area contributed by atoms with Crippen molar-refractivity contribution in [1.82, 2.24) is 4.31 Å². The van der Waals surface area contributed by atoms with Crippen LogP contribution in [0.2, 0.25) is 0 Å². The molecule has 1 aromatic rings. The summed E-state index contributed by atoms with van der Waals surface area (Å²) in [6.45, 7) is 1.52. The van der Waals surface area contributed by atoms with E-state index in [1.54, 1.807) is 0 Å². The van der Waals surface area contributed by atoms with Crippen LogP contribution in [0.1, 0.15) is 13.3 Å². The van der Waals surface area contributed by atoms with Gasteiger partial charge in [0.05, 0.1) is 17.4 Å². The first-order chi connectivity index (χ1) is 9.70. The Morgan fingerprint density at radius 3 is 2.67 bits per heavy atom. The molecular weight excluding hydrogens is 301 g/mol. The van der Waals surface area contributed by atoms with Gasteiger partial charge in [0.1, 0.15) is 0 Å². The molecule has 0 saturated carbocycles. The van der Waals surface area contributed by atoms with E-state index in [-0.39, 0.29) is 30.2 Å². The van der Waals surface area contributed by atoms with Crippen molar-refractivity contribution in [3.8, 4) is 5.75 Å². The number of carbonyl (C=O) groups is 1. The fourth-order valence-electron chi connectivity index (χ4n) is 2.25. The van der Waals surface area contributed by atoms with Gasteiger partial charge in [0.2, 0.25) is 10.0 Å². The second-order valence-corrected chi connectivity index (χ2v) is 7.19. The minimum Gasteiger partial charge on any atom is -0.494 e. The third-order valence-electron chi connectivity index (χ3n) is 3.71. The van der Waals surface area contributed by atoms with Crippen molar-refractivity contribution in [2.24, 2.45) is 5.41 Å². The summed E-state index contributed by atoms with van der Waals surface area (Å²) in [6.07, 6.45) is 0.236. The van der Waals surface area contributed by atoms with Gasteiger partial charge in [-0.25, -0.2) is 12.8 Å². The molecule has 1 N–H and O–H groups in total. The zero-order valence-corrected chi connectivity index (χ0v) is 12.5. The average molecular weight is 317 g/mol. The fourth-order valence-corrected chi connectivity index (χ4v) is 3.83. The van der Waals surface area contributed by atoms with Crippen LogP contribution in [-0.4, -0.2) is 44.0 Å². The summed E-state index contributed by atoms with van der Waals surface area (Å²) in [5, 5.41) is 9.15. The highest BCUT2D eigenvalue weighted by Gasteiger charge is 2.44. The molecule has 21 heavy (non-hydrogen) atoms. The molecule has 6 nitrogen and oxygen atoms in total. The molecule has 0 spiro atoms. The minimum absolute atomic E-state index is 0.107. The van der Waals surface area contributed by atoms with Gasteiger partial charge in [-0.15, -0.1) is 0 Å². The van der Waals surface area contributed by atoms with Crippen molar-refractivity contribution in [3.63, 3.8) is 0 Å². The first-order valence-corrected chi connectivity index (χ1v) is 7.72. The molecule has 1 unspecified atom stereocenters. The molecule has 0 amide bonds.